The summed E-state index contributed by atoms with van der Waals surface area (Å²) in [5, 5.41) is 10.6. The Morgan fingerprint density at radius 2 is 2.00 bits per heavy atom. The number of benzene rings is 1. The number of hydrogen-bond donors (Lipinski definition) is 0. The summed E-state index contributed by atoms with van der Waals surface area (Å²) in [5.41, 5.74) is 0.332. The zero-order valence-electron chi connectivity index (χ0n) is 9.22. The van der Waals surface area contributed by atoms with E-state index in [-0.39, 0.29) is 22.2 Å². The first-order valence-electron chi connectivity index (χ1n) is 4.91. The second-order valence-electron chi connectivity index (χ2n) is 3.62. The van der Waals surface area contributed by atoms with Crippen molar-refractivity contribution in [1.82, 2.24) is 0 Å². The van der Waals surface area contributed by atoms with E-state index in [0.29, 0.717) is 12.0 Å². The minimum Gasteiger partial charge on any atom is -0.258 e. The Balaban J connectivity index is 3.18. The highest BCUT2D eigenvalue weighted by atomic mass is 35.5. The molecule has 0 heterocycles. The molecule has 0 aliphatic rings. The van der Waals surface area contributed by atoms with E-state index >= 15 is 0 Å². The van der Waals surface area contributed by atoms with E-state index in [1.807, 2.05) is 0 Å². The van der Waals surface area contributed by atoms with E-state index in [0.717, 1.165) is 6.07 Å². The molecule has 1 rings (SSSR count). The molecular weight excluding hydrogens is 266 g/mol. The lowest BCUT2D eigenvalue weighted by Gasteiger charge is -2.04. The average molecular weight is 278 g/mol. The molecule has 5 nitrogen and oxygen atoms in total. The SMILES string of the molecule is Cc1cc([N+](=O)[O-])cc(S(=O)(=O)CCCCl)c1. The van der Waals surface area contributed by atoms with Crippen molar-refractivity contribution < 1.29 is 13.3 Å². The van der Waals surface area contributed by atoms with Gasteiger partial charge in [0.15, 0.2) is 9.84 Å². The Kier molecular flexibility index (Phi) is 4.47. The van der Waals surface area contributed by atoms with Gasteiger partial charge in [-0.3, -0.25) is 10.1 Å². The van der Waals surface area contributed by atoms with E-state index in [4.69, 9.17) is 11.6 Å². The summed E-state index contributed by atoms with van der Waals surface area (Å²) in [6, 6.07) is 3.84. The van der Waals surface area contributed by atoms with Crippen molar-refractivity contribution in [3.63, 3.8) is 0 Å². The smallest absolute Gasteiger partial charge is 0.258 e. The first-order chi connectivity index (χ1) is 7.86. The molecule has 0 atom stereocenters. The number of hydrogen-bond acceptors (Lipinski definition) is 4. The zero-order chi connectivity index (χ0) is 13.1. The van der Waals surface area contributed by atoms with Crippen molar-refractivity contribution in [1.29, 1.82) is 0 Å². The van der Waals surface area contributed by atoms with Crippen LogP contribution in [0.1, 0.15) is 12.0 Å². The normalized spacial score (nSPS) is 11.4. The third-order valence-electron chi connectivity index (χ3n) is 2.15. The van der Waals surface area contributed by atoms with Crippen LogP contribution in [0.4, 0.5) is 5.69 Å². The number of sulfone groups is 1. The summed E-state index contributed by atoms with van der Waals surface area (Å²) in [7, 11) is -3.49. The largest absolute Gasteiger partial charge is 0.270 e. The fourth-order valence-electron chi connectivity index (χ4n) is 1.38. The second-order valence-corrected chi connectivity index (χ2v) is 6.11. The van der Waals surface area contributed by atoms with Crippen LogP contribution in [-0.4, -0.2) is 25.0 Å². The maximum absolute atomic E-state index is 11.8. The van der Waals surface area contributed by atoms with Gasteiger partial charge in [0.1, 0.15) is 0 Å². The van der Waals surface area contributed by atoms with Crippen LogP contribution >= 0.6 is 11.6 Å². The van der Waals surface area contributed by atoms with E-state index in [2.05, 4.69) is 0 Å². The third-order valence-corrected chi connectivity index (χ3v) is 4.20. The number of rotatable bonds is 5. The van der Waals surface area contributed by atoms with Crippen molar-refractivity contribution >= 4 is 27.1 Å². The molecule has 0 amide bonds. The first-order valence-corrected chi connectivity index (χ1v) is 7.10. The molecule has 0 aliphatic carbocycles. The highest BCUT2D eigenvalue weighted by Gasteiger charge is 2.18. The van der Waals surface area contributed by atoms with E-state index in [1.165, 1.54) is 12.1 Å². The molecule has 0 unspecified atom stereocenters. The first kappa shape index (κ1) is 13.9. The van der Waals surface area contributed by atoms with Gasteiger partial charge in [-0.15, -0.1) is 11.6 Å². The summed E-state index contributed by atoms with van der Waals surface area (Å²) < 4.78 is 23.7. The van der Waals surface area contributed by atoms with Gasteiger partial charge < -0.3 is 0 Å². The van der Waals surface area contributed by atoms with E-state index < -0.39 is 14.8 Å². The maximum atomic E-state index is 11.8. The van der Waals surface area contributed by atoms with Gasteiger partial charge in [0.05, 0.1) is 15.6 Å². The Hall–Kier alpha value is -1.14. The summed E-state index contributed by atoms with van der Waals surface area (Å²) in [5.74, 6) is 0.143. The fourth-order valence-corrected chi connectivity index (χ4v) is 3.09. The number of aryl methyl sites for hydroxylation is 1. The minimum atomic E-state index is -3.49. The topological polar surface area (TPSA) is 77.3 Å². The monoisotopic (exact) mass is 277 g/mol. The van der Waals surface area contributed by atoms with Gasteiger partial charge in [-0.2, -0.15) is 0 Å². The van der Waals surface area contributed by atoms with Crippen molar-refractivity contribution in [3.05, 3.63) is 33.9 Å². The van der Waals surface area contributed by atoms with Crippen LogP contribution in [0.2, 0.25) is 0 Å². The molecule has 0 aromatic heterocycles. The predicted molar refractivity (Wildman–Crippen MR) is 65.2 cm³/mol. The van der Waals surface area contributed by atoms with Gasteiger partial charge in [-0.25, -0.2) is 8.42 Å². The lowest BCUT2D eigenvalue weighted by Crippen LogP contribution is -2.08. The molecule has 0 bridgehead atoms. The minimum absolute atomic E-state index is 0.0192. The molecule has 7 heteroatoms. The Morgan fingerprint density at radius 3 is 2.53 bits per heavy atom. The van der Waals surface area contributed by atoms with Crippen molar-refractivity contribution in [2.24, 2.45) is 0 Å². The van der Waals surface area contributed by atoms with Crippen molar-refractivity contribution in [2.75, 3.05) is 11.6 Å². The molecule has 17 heavy (non-hydrogen) atoms. The van der Waals surface area contributed by atoms with Crippen molar-refractivity contribution in [3.8, 4) is 0 Å². The van der Waals surface area contributed by atoms with Crippen LogP contribution in [0.25, 0.3) is 0 Å². The second kappa shape index (κ2) is 5.46. The van der Waals surface area contributed by atoms with E-state index in [1.54, 1.807) is 6.92 Å². The molecule has 0 aliphatic heterocycles. The Morgan fingerprint density at radius 1 is 1.35 bits per heavy atom. The molecule has 0 N–H and O–H groups in total. The number of nitro benzene ring substituents is 1. The quantitative estimate of drug-likeness (QED) is 0.470. The molecule has 1 aromatic carbocycles. The number of non-ortho nitro benzene ring substituents is 1. The molecule has 0 fully saturated rings. The van der Waals surface area contributed by atoms with E-state index in [9.17, 15) is 18.5 Å². The van der Waals surface area contributed by atoms with Gasteiger partial charge in [-0.1, -0.05) is 0 Å². The molecule has 0 radical (unpaired) electrons. The van der Waals surface area contributed by atoms with Crippen LogP contribution in [0.15, 0.2) is 23.1 Å². The molecule has 1 aromatic rings. The number of nitro groups is 1. The van der Waals surface area contributed by atoms with Gasteiger partial charge >= 0.3 is 0 Å². The number of halogens is 1. The summed E-state index contributed by atoms with van der Waals surface area (Å²) in [6.45, 7) is 1.62. The van der Waals surface area contributed by atoms with Gasteiger partial charge in [0.2, 0.25) is 0 Å². The van der Waals surface area contributed by atoms with Gasteiger partial charge in [0, 0.05) is 18.0 Å². The standard InChI is InChI=1S/C10H12ClNO4S/c1-8-5-9(12(13)14)7-10(6-8)17(15,16)4-2-3-11/h5-7H,2-4H2,1H3. The van der Waals surface area contributed by atoms with Gasteiger partial charge in [-0.05, 0) is 25.0 Å². The van der Waals surface area contributed by atoms with Crippen LogP contribution in [0.5, 0.6) is 0 Å². The van der Waals surface area contributed by atoms with Crippen molar-refractivity contribution in [2.45, 2.75) is 18.2 Å². The highest BCUT2D eigenvalue weighted by Crippen LogP contribution is 2.21. The summed E-state index contributed by atoms with van der Waals surface area (Å²) in [6.07, 6.45) is 0.325. The van der Waals surface area contributed by atoms with Gasteiger partial charge in [0.25, 0.3) is 5.69 Å². The fraction of sp³-hybridized carbons (Fsp3) is 0.400. The lowest BCUT2D eigenvalue weighted by atomic mass is 10.2. The van der Waals surface area contributed by atoms with Crippen LogP contribution < -0.4 is 0 Å². The lowest BCUT2D eigenvalue weighted by molar-refractivity contribution is -0.385. The molecule has 0 saturated carbocycles. The van der Waals surface area contributed by atoms with Crippen LogP contribution in [0.3, 0.4) is 0 Å². The summed E-state index contributed by atoms with van der Waals surface area (Å²) >= 11 is 5.44. The number of nitrogens with zero attached hydrogens (tertiary/aromatic N) is 1. The van der Waals surface area contributed by atoms with Crippen LogP contribution in [-0.2, 0) is 9.84 Å². The Labute approximate surface area is 104 Å². The third kappa shape index (κ3) is 3.67. The van der Waals surface area contributed by atoms with Crippen LogP contribution in [0, 0.1) is 17.0 Å². The average Bonchev–Trinajstić information content (AvgIpc) is 2.25. The maximum Gasteiger partial charge on any atom is 0.270 e. The summed E-state index contributed by atoms with van der Waals surface area (Å²) in [4.78, 5) is 10.0. The highest BCUT2D eigenvalue weighted by molar-refractivity contribution is 7.91. The Bertz CT molecular complexity index is 527. The molecule has 94 valence electrons. The zero-order valence-corrected chi connectivity index (χ0v) is 10.8. The molecular formula is C10H12ClNO4S. The molecule has 0 spiro atoms. The molecule has 0 saturated heterocycles. The number of alkyl halides is 1. The predicted octanol–water partition coefficient (Wildman–Crippen LogP) is 2.31.